The number of aliphatic hydroxyl groups excluding tert-OH is 1. The van der Waals surface area contributed by atoms with Gasteiger partial charge in [0, 0.05) is 7.11 Å². The lowest BCUT2D eigenvalue weighted by molar-refractivity contribution is 0.0591. The number of methoxy groups -OCH3 is 1. The van der Waals surface area contributed by atoms with E-state index in [1.807, 2.05) is 6.07 Å². The second-order valence-corrected chi connectivity index (χ2v) is 5.61. The van der Waals surface area contributed by atoms with Crippen molar-refractivity contribution < 1.29 is 9.84 Å². The van der Waals surface area contributed by atoms with Gasteiger partial charge in [0.2, 0.25) is 0 Å². The minimum absolute atomic E-state index is 0.136. The van der Waals surface area contributed by atoms with Gasteiger partial charge in [-0.2, -0.15) is 0 Å². The molecule has 0 saturated heterocycles. The molecule has 0 amide bonds. The van der Waals surface area contributed by atoms with Crippen molar-refractivity contribution in [3.05, 3.63) is 71.3 Å². The standard InChI is InChI=1S/C19H25NO2/c1-15-8-10-17(11-9-15)19(16-6-4-3-5-7-16)20-13-12-18(21)14-22-2/h3-11,18-21H,12-14H2,1-2H3. The van der Waals surface area contributed by atoms with Crippen molar-refractivity contribution >= 4 is 0 Å². The fraction of sp³-hybridized carbons (Fsp3) is 0.368. The quantitative estimate of drug-likeness (QED) is 0.787. The van der Waals surface area contributed by atoms with E-state index in [9.17, 15) is 5.11 Å². The molecule has 2 N–H and O–H groups in total. The zero-order valence-electron chi connectivity index (χ0n) is 13.3. The molecule has 0 heterocycles. The number of ether oxygens (including phenoxy) is 1. The van der Waals surface area contributed by atoms with E-state index in [4.69, 9.17) is 4.74 Å². The second-order valence-electron chi connectivity index (χ2n) is 5.61. The number of nitrogens with one attached hydrogen (secondary N) is 1. The van der Waals surface area contributed by atoms with Crippen molar-refractivity contribution in [2.75, 3.05) is 20.3 Å². The minimum Gasteiger partial charge on any atom is -0.391 e. The van der Waals surface area contributed by atoms with Gasteiger partial charge < -0.3 is 15.2 Å². The number of hydrogen-bond acceptors (Lipinski definition) is 3. The van der Waals surface area contributed by atoms with E-state index in [1.54, 1.807) is 7.11 Å². The van der Waals surface area contributed by atoms with Gasteiger partial charge in [0.1, 0.15) is 0 Å². The average molecular weight is 299 g/mol. The fourth-order valence-corrected chi connectivity index (χ4v) is 2.50. The largest absolute Gasteiger partial charge is 0.391 e. The molecule has 2 atom stereocenters. The molecule has 0 radical (unpaired) electrons. The molecule has 2 aromatic carbocycles. The van der Waals surface area contributed by atoms with E-state index in [1.165, 1.54) is 16.7 Å². The highest BCUT2D eigenvalue weighted by atomic mass is 16.5. The lowest BCUT2D eigenvalue weighted by atomic mass is 9.97. The third-order valence-electron chi connectivity index (χ3n) is 3.73. The zero-order valence-corrected chi connectivity index (χ0v) is 13.3. The molecule has 3 heteroatoms. The highest BCUT2D eigenvalue weighted by Gasteiger charge is 2.13. The van der Waals surface area contributed by atoms with E-state index >= 15 is 0 Å². The van der Waals surface area contributed by atoms with Crippen LogP contribution in [0.25, 0.3) is 0 Å². The summed E-state index contributed by atoms with van der Waals surface area (Å²) in [5.41, 5.74) is 3.72. The molecule has 0 saturated carbocycles. The zero-order chi connectivity index (χ0) is 15.8. The second kappa shape index (κ2) is 8.69. The Bertz CT molecular complexity index is 539. The van der Waals surface area contributed by atoms with Gasteiger partial charge in [0.25, 0.3) is 0 Å². The molecule has 0 spiro atoms. The number of rotatable bonds is 8. The lowest BCUT2D eigenvalue weighted by Crippen LogP contribution is -2.27. The van der Waals surface area contributed by atoms with Gasteiger partial charge in [0.15, 0.2) is 0 Å². The maximum absolute atomic E-state index is 9.77. The van der Waals surface area contributed by atoms with Crippen LogP contribution in [0.1, 0.15) is 29.2 Å². The molecule has 3 nitrogen and oxygen atoms in total. The highest BCUT2D eigenvalue weighted by Crippen LogP contribution is 2.22. The lowest BCUT2D eigenvalue weighted by Gasteiger charge is -2.21. The molecule has 2 aromatic rings. The Morgan fingerprint density at radius 1 is 1.00 bits per heavy atom. The first-order chi connectivity index (χ1) is 10.7. The molecule has 0 bridgehead atoms. The van der Waals surface area contributed by atoms with E-state index in [2.05, 4.69) is 60.8 Å². The van der Waals surface area contributed by atoms with Crippen LogP contribution in [0, 0.1) is 6.92 Å². The van der Waals surface area contributed by atoms with Gasteiger partial charge >= 0.3 is 0 Å². The average Bonchev–Trinajstić information content (AvgIpc) is 2.54. The van der Waals surface area contributed by atoms with E-state index in [-0.39, 0.29) is 6.04 Å². The molecule has 0 aromatic heterocycles. The number of aryl methyl sites for hydroxylation is 1. The van der Waals surface area contributed by atoms with E-state index in [0.29, 0.717) is 13.0 Å². The van der Waals surface area contributed by atoms with Crippen molar-refractivity contribution in [1.82, 2.24) is 5.32 Å². The van der Waals surface area contributed by atoms with Crippen LogP contribution < -0.4 is 5.32 Å². The first-order valence-electron chi connectivity index (χ1n) is 7.72. The summed E-state index contributed by atoms with van der Waals surface area (Å²) in [5.74, 6) is 0. The normalized spacial score (nSPS) is 13.8. The Morgan fingerprint density at radius 3 is 2.27 bits per heavy atom. The minimum atomic E-state index is -0.424. The summed E-state index contributed by atoms with van der Waals surface area (Å²) in [6.45, 7) is 3.20. The monoisotopic (exact) mass is 299 g/mol. The Hall–Kier alpha value is -1.68. The number of aliphatic hydroxyl groups is 1. The number of hydrogen-bond donors (Lipinski definition) is 2. The molecule has 118 valence electrons. The molecule has 2 rings (SSSR count). The first kappa shape index (κ1) is 16.7. The van der Waals surface area contributed by atoms with E-state index in [0.717, 1.165) is 6.54 Å². The van der Waals surface area contributed by atoms with Crippen molar-refractivity contribution in [3.8, 4) is 0 Å². The van der Waals surface area contributed by atoms with Crippen LogP contribution in [0.2, 0.25) is 0 Å². The summed E-state index contributed by atoms with van der Waals surface area (Å²) in [6, 6.07) is 19.1. The van der Waals surface area contributed by atoms with Gasteiger partial charge in [-0.1, -0.05) is 60.2 Å². The number of benzene rings is 2. The molecule has 0 aliphatic carbocycles. The molecule has 0 aliphatic rings. The summed E-state index contributed by atoms with van der Waals surface area (Å²) in [6.07, 6.45) is 0.246. The fourth-order valence-electron chi connectivity index (χ4n) is 2.50. The van der Waals surface area contributed by atoms with Crippen LogP contribution >= 0.6 is 0 Å². The smallest absolute Gasteiger partial charge is 0.0785 e. The topological polar surface area (TPSA) is 41.5 Å². The van der Waals surface area contributed by atoms with Gasteiger partial charge in [-0.3, -0.25) is 0 Å². The SMILES string of the molecule is COCC(O)CCNC(c1ccccc1)c1ccc(C)cc1. The van der Waals surface area contributed by atoms with Crippen molar-refractivity contribution in [3.63, 3.8) is 0 Å². The molecule has 0 fully saturated rings. The van der Waals surface area contributed by atoms with Crippen molar-refractivity contribution in [2.24, 2.45) is 0 Å². The Balaban J connectivity index is 2.07. The van der Waals surface area contributed by atoms with Crippen molar-refractivity contribution in [2.45, 2.75) is 25.5 Å². The highest BCUT2D eigenvalue weighted by molar-refractivity contribution is 5.33. The van der Waals surface area contributed by atoms with Gasteiger partial charge in [-0.25, -0.2) is 0 Å². The molecular formula is C19H25NO2. The molecule has 2 unspecified atom stereocenters. The van der Waals surface area contributed by atoms with Gasteiger partial charge in [-0.05, 0) is 31.0 Å². The maximum atomic E-state index is 9.77. The van der Waals surface area contributed by atoms with Crippen LogP contribution in [-0.2, 0) is 4.74 Å². The Labute approximate surface area is 133 Å². The third-order valence-corrected chi connectivity index (χ3v) is 3.73. The molecule has 22 heavy (non-hydrogen) atoms. The molecular weight excluding hydrogens is 274 g/mol. The third kappa shape index (κ3) is 4.95. The van der Waals surface area contributed by atoms with E-state index < -0.39 is 6.10 Å². The summed E-state index contributed by atoms with van der Waals surface area (Å²) in [4.78, 5) is 0. The predicted octanol–water partition coefficient (Wildman–Crippen LogP) is 3.07. The van der Waals surface area contributed by atoms with Crippen LogP contribution in [0.15, 0.2) is 54.6 Å². The maximum Gasteiger partial charge on any atom is 0.0785 e. The van der Waals surface area contributed by atoms with Gasteiger partial charge in [-0.15, -0.1) is 0 Å². The Morgan fingerprint density at radius 2 is 1.64 bits per heavy atom. The van der Waals surface area contributed by atoms with Crippen LogP contribution in [0.3, 0.4) is 0 Å². The van der Waals surface area contributed by atoms with Crippen LogP contribution in [0.5, 0.6) is 0 Å². The summed E-state index contributed by atoms with van der Waals surface area (Å²) in [7, 11) is 1.61. The Kier molecular flexibility index (Phi) is 6.59. The summed E-state index contributed by atoms with van der Waals surface area (Å²) >= 11 is 0. The van der Waals surface area contributed by atoms with Crippen LogP contribution in [-0.4, -0.2) is 31.5 Å². The predicted molar refractivity (Wildman–Crippen MR) is 90.0 cm³/mol. The van der Waals surface area contributed by atoms with Crippen molar-refractivity contribution in [1.29, 1.82) is 0 Å². The summed E-state index contributed by atoms with van der Waals surface area (Å²) < 4.78 is 4.97. The van der Waals surface area contributed by atoms with Gasteiger partial charge in [0.05, 0.1) is 18.8 Å². The summed E-state index contributed by atoms with van der Waals surface area (Å²) in [5, 5.41) is 13.3. The van der Waals surface area contributed by atoms with Crippen LogP contribution in [0.4, 0.5) is 0 Å². The molecule has 0 aliphatic heterocycles. The first-order valence-corrected chi connectivity index (χ1v) is 7.72.